The molecule has 16 heavy (non-hydrogen) atoms. The highest BCUT2D eigenvalue weighted by molar-refractivity contribution is 5.77. The van der Waals surface area contributed by atoms with Crippen LogP contribution >= 0.6 is 0 Å². The van der Waals surface area contributed by atoms with Gasteiger partial charge in [-0.2, -0.15) is 0 Å². The van der Waals surface area contributed by atoms with Crippen molar-refractivity contribution in [3.05, 3.63) is 0 Å². The Morgan fingerprint density at radius 3 is 2.19 bits per heavy atom. The lowest BCUT2D eigenvalue weighted by Gasteiger charge is -2.30. The standard InChI is InChI=1S/C12H26N4/c1-15(2)10-12(7-5-6-8-12)9-14-11(13)16(3)4/h5-10H2,1-4H3,(H2,13,14). The summed E-state index contributed by atoms with van der Waals surface area (Å²) in [5.41, 5.74) is 6.21. The van der Waals surface area contributed by atoms with Crippen molar-refractivity contribution in [1.82, 2.24) is 9.80 Å². The minimum Gasteiger partial charge on any atom is -0.370 e. The fraction of sp³-hybridized carbons (Fsp3) is 0.917. The van der Waals surface area contributed by atoms with E-state index >= 15 is 0 Å². The molecule has 1 saturated carbocycles. The highest BCUT2D eigenvalue weighted by Crippen LogP contribution is 2.38. The van der Waals surface area contributed by atoms with E-state index in [4.69, 9.17) is 5.73 Å². The summed E-state index contributed by atoms with van der Waals surface area (Å²) < 4.78 is 0. The summed E-state index contributed by atoms with van der Waals surface area (Å²) in [6, 6.07) is 0. The van der Waals surface area contributed by atoms with Crippen LogP contribution in [0, 0.1) is 5.41 Å². The smallest absolute Gasteiger partial charge is 0.190 e. The summed E-state index contributed by atoms with van der Waals surface area (Å²) in [4.78, 5) is 8.67. The topological polar surface area (TPSA) is 44.9 Å². The zero-order valence-corrected chi connectivity index (χ0v) is 11.2. The van der Waals surface area contributed by atoms with Gasteiger partial charge in [0.05, 0.1) is 0 Å². The van der Waals surface area contributed by atoms with E-state index in [1.807, 2.05) is 19.0 Å². The van der Waals surface area contributed by atoms with Gasteiger partial charge in [0.25, 0.3) is 0 Å². The van der Waals surface area contributed by atoms with Crippen molar-refractivity contribution in [3.8, 4) is 0 Å². The Kier molecular flexibility index (Phi) is 4.59. The van der Waals surface area contributed by atoms with Crippen molar-refractivity contribution >= 4 is 5.96 Å². The number of nitrogens with zero attached hydrogens (tertiary/aromatic N) is 3. The molecular weight excluding hydrogens is 200 g/mol. The van der Waals surface area contributed by atoms with Crippen LogP contribution in [0.15, 0.2) is 4.99 Å². The van der Waals surface area contributed by atoms with Crippen molar-refractivity contribution in [2.45, 2.75) is 25.7 Å². The molecule has 0 amide bonds. The van der Waals surface area contributed by atoms with Crippen LogP contribution in [0.2, 0.25) is 0 Å². The number of hydrogen-bond acceptors (Lipinski definition) is 2. The van der Waals surface area contributed by atoms with Crippen LogP contribution in [0.3, 0.4) is 0 Å². The molecule has 0 radical (unpaired) electrons. The first kappa shape index (κ1) is 13.3. The molecule has 0 aromatic carbocycles. The van der Waals surface area contributed by atoms with Crippen molar-refractivity contribution < 1.29 is 0 Å². The summed E-state index contributed by atoms with van der Waals surface area (Å²) in [5.74, 6) is 0.644. The van der Waals surface area contributed by atoms with Gasteiger partial charge >= 0.3 is 0 Å². The molecule has 1 rings (SSSR count). The van der Waals surface area contributed by atoms with Crippen LogP contribution in [0.1, 0.15) is 25.7 Å². The average molecular weight is 226 g/mol. The summed E-state index contributed by atoms with van der Waals surface area (Å²) in [6.45, 7) is 1.99. The summed E-state index contributed by atoms with van der Waals surface area (Å²) in [6.07, 6.45) is 5.25. The molecule has 1 aliphatic carbocycles. The largest absolute Gasteiger partial charge is 0.370 e. The van der Waals surface area contributed by atoms with Gasteiger partial charge in [-0.25, -0.2) is 0 Å². The molecule has 4 heteroatoms. The molecule has 0 unspecified atom stereocenters. The highest BCUT2D eigenvalue weighted by Gasteiger charge is 2.34. The van der Waals surface area contributed by atoms with Crippen molar-refractivity contribution in [3.63, 3.8) is 0 Å². The first-order valence-corrected chi connectivity index (χ1v) is 6.07. The van der Waals surface area contributed by atoms with Gasteiger partial charge in [0.15, 0.2) is 5.96 Å². The summed E-state index contributed by atoms with van der Waals surface area (Å²) >= 11 is 0. The molecule has 0 spiro atoms. The zero-order valence-electron chi connectivity index (χ0n) is 11.2. The van der Waals surface area contributed by atoms with Gasteiger partial charge in [-0.05, 0) is 26.9 Å². The number of rotatable bonds is 4. The Hall–Kier alpha value is -0.770. The minimum absolute atomic E-state index is 0.365. The van der Waals surface area contributed by atoms with E-state index in [0.717, 1.165) is 13.1 Å². The van der Waals surface area contributed by atoms with E-state index in [9.17, 15) is 0 Å². The molecule has 0 heterocycles. The summed E-state index contributed by atoms with van der Waals surface area (Å²) in [7, 11) is 8.15. The van der Waals surface area contributed by atoms with Crippen molar-refractivity contribution in [1.29, 1.82) is 0 Å². The first-order chi connectivity index (χ1) is 7.45. The van der Waals surface area contributed by atoms with Gasteiger partial charge in [-0.3, -0.25) is 4.99 Å². The summed E-state index contributed by atoms with van der Waals surface area (Å²) in [5, 5.41) is 0. The number of aliphatic imine (C=N–C) groups is 1. The second-order valence-electron chi connectivity index (χ2n) is 5.51. The Balaban J connectivity index is 2.61. The maximum atomic E-state index is 5.85. The Morgan fingerprint density at radius 1 is 1.19 bits per heavy atom. The molecule has 0 aromatic rings. The van der Waals surface area contributed by atoms with Crippen LogP contribution in [0.4, 0.5) is 0 Å². The number of guanidine groups is 1. The van der Waals surface area contributed by atoms with Gasteiger partial charge in [0.1, 0.15) is 0 Å². The van der Waals surface area contributed by atoms with Gasteiger partial charge in [0, 0.05) is 32.6 Å². The molecule has 2 N–H and O–H groups in total. The fourth-order valence-electron chi connectivity index (χ4n) is 2.55. The van der Waals surface area contributed by atoms with Crippen molar-refractivity contribution in [2.24, 2.45) is 16.1 Å². The number of nitrogens with two attached hydrogens (primary N) is 1. The lowest BCUT2D eigenvalue weighted by molar-refractivity contribution is 0.210. The van der Waals surface area contributed by atoms with Crippen LogP contribution in [0.25, 0.3) is 0 Å². The normalized spacial score (nSPS) is 20.4. The molecule has 0 atom stereocenters. The second-order valence-corrected chi connectivity index (χ2v) is 5.51. The average Bonchev–Trinajstić information content (AvgIpc) is 2.62. The molecule has 1 aliphatic rings. The van der Waals surface area contributed by atoms with E-state index in [1.165, 1.54) is 25.7 Å². The first-order valence-electron chi connectivity index (χ1n) is 6.07. The molecule has 4 nitrogen and oxygen atoms in total. The van der Waals surface area contributed by atoms with Gasteiger partial charge in [0.2, 0.25) is 0 Å². The predicted octanol–water partition coefficient (Wildman–Crippen LogP) is 0.985. The third-order valence-electron chi connectivity index (χ3n) is 3.35. The third kappa shape index (κ3) is 3.67. The van der Waals surface area contributed by atoms with Crippen LogP contribution < -0.4 is 5.73 Å². The van der Waals surface area contributed by atoms with Gasteiger partial charge in [-0.1, -0.05) is 12.8 Å². The van der Waals surface area contributed by atoms with E-state index < -0.39 is 0 Å². The minimum atomic E-state index is 0.365. The maximum Gasteiger partial charge on any atom is 0.190 e. The highest BCUT2D eigenvalue weighted by atomic mass is 15.2. The molecule has 0 aliphatic heterocycles. The maximum absolute atomic E-state index is 5.85. The predicted molar refractivity (Wildman–Crippen MR) is 69.6 cm³/mol. The molecule has 0 saturated heterocycles. The van der Waals surface area contributed by atoms with Gasteiger partial charge in [-0.15, -0.1) is 0 Å². The van der Waals surface area contributed by atoms with Crippen LogP contribution in [-0.4, -0.2) is 57.0 Å². The Morgan fingerprint density at radius 2 is 1.75 bits per heavy atom. The molecule has 1 fully saturated rings. The quantitative estimate of drug-likeness (QED) is 0.574. The van der Waals surface area contributed by atoms with E-state index in [1.54, 1.807) is 0 Å². The third-order valence-corrected chi connectivity index (χ3v) is 3.35. The Bertz CT molecular complexity index is 239. The van der Waals surface area contributed by atoms with E-state index in [0.29, 0.717) is 11.4 Å². The monoisotopic (exact) mass is 226 g/mol. The molecule has 0 aromatic heterocycles. The lowest BCUT2D eigenvalue weighted by Crippen LogP contribution is -2.36. The van der Waals surface area contributed by atoms with Crippen molar-refractivity contribution in [2.75, 3.05) is 41.3 Å². The van der Waals surface area contributed by atoms with Crippen LogP contribution in [0.5, 0.6) is 0 Å². The SMILES string of the molecule is CN(C)CC1(CN=C(N)N(C)C)CCCC1. The Labute approximate surface area is 99.5 Å². The lowest BCUT2D eigenvalue weighted by atomic mass is 9.86. The van der Waals surface area contributed by atoms with Gasteiger partial charge < -0.3 is 15.5 Å². The zero-order chi connectivity index (χ0) is 12.2. The van der Waals surface area contributed by atoms with E-state index in [2.05, 4.69) is 24.0 Å². The van der Waals surface area contributed by atoms with E-state index in [-0.39, 0.29) is 0 Å². The second kappa shape index (κ2) is 5.53. The molecule has 94 valence electrons. The fourth-order valence-corrected chi connectivity index (χ4v) is 2.55. The molecule has 0 bridgehead atoms. The molecular formula is C12H26N4. The van der Waals surface area contributed by atoms with Crippen LogP contribution in [-0.2, 0) is 0 Å². The number of hydrogen-bond donors (Lipinski definition) is 1.